The van der Waals surface area contributed by atoms with Crippen LogP contribution in [0.5, 0.6) is 11.5 Å². The molecule has 0 spiro atoms. The third-order valence-corrected chi connectivity index (χ3v) is 5.71. The van der Waals surface area contributed by atoms with Crippen LogP contribution in [-0.2, 0) is 0 Å². The number of aromatic nitrogens is 1. The van der Waals surface area contributed by atoms with E-state index in [2.05, 4.69) is 11.0 Å². The number of thiazole rings is 1. The molecular formula is C22H28ClN3O3S. The van der Waals surface area contributed by atoms with Gasteiger partial charge in [-0.1, -0.05) is 28.5 Å². The number of benzene rings is 2. The average Bonchev–Trinajstić information content (AvgIpc) is 3.11. The van der Waals surface area contributed by atoms with Crippen LogP contribution in [0.2, 0.25) is 0 Å². The first kappa shape index (κ1) is 23.9. The minimum atomic E-state index is -0.0596. The highest BCUT2D eigenvalue weighted by atomic mass is 35.5. The van der Waals surface area contributed by atoms with Crippen LogP contribution in [0.4, 0.5) is 5.13 Å². The number of aryl methyl sites for hydroxylation is 2. The van der Waals surface area contributed by atoms with Crippen LogP contribution in [-0.4, -0.2) is 57.2 Å². The van der Waals surface area contributed by atoms with Crippen molar-refractivity contribution in [2.24, 2.45) is 0 Å². The summed E-state index contributed by atoms with van der Waals surface area (Å²) in [6.07, 6.45) is 0. The fourth-order valence-corrected chi connectivity index (χ4v) is 4.33. The summed E-state index contributed by atoms with van der Waals surface area (Å²) < 4.78 is 11.8. The molecule has 1 aromatic heterocycles. The van der Waals surface area contributed by atoms with Crippen LogP contribution in [0.3, 0.4) is 0 Å². The molecule has 0 atom stereocenters. The zero-order chi connectivity index (χ0) is 21.1. The molecule has 1 amide bonds. The number of hydrogen-bond acceptors (Lipinski definition) is 6. The van der Waals surface area contributed by atoms with Crippen molar-refractivity contribution in [3.05, 3.63) is 47.0 Å². The van der Waals surface area contributed by atoms with Gasteiger partial charge in [0.15, 0.2) is 5.13 Å². The molecule has 162 valence electrons. The van der Waals surface area contributed by atoms with Gasteiger partial charge in [0.05, 0.1) is 14.2 Å². The van der Waals surface area contributed by atoms with Gasteiger partial charge in [-0.25, -0.2) is 4.98 Å². The molecule has 2 aromatic carbocycles. The Morgan fingerprint density at radius 2 is 1.60 bits per heavy atom. The third kappa shape index (κ3) is 5.03. The second-order valence-electron chi connectivity index (χ2n) is 7.28. The van der Waals surface area contributed by atoms with Gasteiger partial charge in [-0.3, -0.25) is 9.69 Å². The maximum atomic E-state index is 13.5. The molecule has 0 fully saturated rings. The fraction of sp³-hybridized carbons (Fsp3) is 0.364. The van der Waals surface area contributed by atoms with Crippen molar-refractivity contribution in [2.45, 2.75) is 13.8 Å². The van der Waals surface area contributed by atoms with Crippen molar-refractivity contribution in [1.82, 2.24) is 9.88 Å². The average molecular weight is 450 g/mol. The Labute approximate surface area is 187 Å². The minimum absolute atomic E-state index is 0. The molecule has 3 rings (SSSR count). The second-order valence-corrected chi connectivity index (χ2v) is 8.26. The SMILES string of the molecule is COc1ccc(OC)c2sc(N(CCN(C)C)C(=O)c3cc(C)cc(C)c3)nc12.Cl. The van der Waals surface area contributed by atoms with E-state index in [-0.39, 0.29) is 18.3 Å². The van der Waals surface area contributed by atoms with E-state index in [1.54, 1.807) is 19.1 Å². The third-order valence-electron chi connectivity index (χ3n) is 4.61. The maximum absolute atomic E-state index is 13.5. The Bertz CT molecular complexity index is 975. The molecule has 0 aliphatic rings. The van der Waals surface area contributed by atoms with Gasteiger partial charge in [-0.05, 0) is 52.2 Å². The van der Waals surface area contributed by atoms with Crippen molar-refractivity contribution in [1.29, 1.82) is 0 Å². The van der Waals surface area contributed by atoms with E-state index < -0.39 is 0 Å². The number of halogens is 1. The molecule has 0 saturated heterocycles. The van der Waals surface area contributed by atoms with Gasteiger partial charge < -0.3 is 14.4 Å². The van der Waals surface area contributed by atoms with E-state index in [9.17, 15) is 4.79 Å². The van der Waals surface area contributed by atoms with Crippen molar-refractivity contribution in [2.75, 3.05) is 46.3 Å². The van der Waals surface area contributed by atoms with Crippen LogP contribution >= 0.6 is 23.7 Å². The van der Waals surface area contributed by atoms with Gasteiger partial charge in [0.1, 0.15) is 21.7 Å². The molecule has 0 N–H and O–H groups in total. The van der Waals surface area contributed by atoms with E-state index in [1.165, 1.54) is 11.3 Å². The highest BCUT2D eigenvalue weighted by molar-refractivity contribution is 7.22. The van der Waals surface area contributed by atoms with E-state index in [4.69, 9.17) is 14.5 Å². The van der Waals surface area contributed by atoms with Gasteiger partial charge in [0.2, 0.25) is 0 Å². The van der Waals surface area contributed by atoms with E-state index in [1.807, 2.05) is 52.2 Å². The Hall–Kier alpha value is -2.35. The standard InChI is InChI=1S/C22H27N3O3S.ClH/c1-14-11-15(2)13-16(12-14)21(26)25(10-9-24(3)4)22-23-19-17(27-5)7-8-18(28-6)20(19)29-22;/h7-8,11-13H,9-10H2,1-6H3;1H. The number of hydrogen-bond donors (Lipinski definition) is 0. The predicted molar refractivity (Wildman–Crippen MR) is 126 cm³/mol. The Morgan fingerprint density at radius 3 is 2.17 bits per heavy atom. The number of likely N-dealkylation sites (N-methyl/N-ethyl adjacent to an activating group) is 1. The van der Waals surface area contributed by atoms with Crippen molar-refractivity contribution in [3.63, 3.8) is 0 Å². The number of amides is 1. The van der Waals surface area contributed by atoms with E-state index in [0.717, 1.165) is 28.1 Å². The lowest BCUT2D eigenvalue weighted by Crippen LogP contribution is -2.36. The monoisotopic (exact) mass is 449 g/mol. The molecule has 0 radical (unpaired) electrons. The first-order valence-electron chi connectivity index (χ1n) is 9.40. The number of anilines is 1. The van der Waals surface area contributed by atoms with Crippen LogP contribution < -0.4 is 14.4 Å². The first-order valence-corrected chi connectivity index (χ1v) is 10.2. The summed E-state index contributed by atoms with van der Waals surface area (Å²) in [5, 5.41) is 0.633. The summed E-state index contributed by atoms with van der Waals surface area (Å²) in [5.74, 6) is 1.32. The zero-order valence-electron chi connectivity index (χ0n) is 18.2. The molecule has 0 saturated carbocycles. The molecule has 0 aliphatic heterocycles. The molecule has 0 aliphatic carbocycles. The number of carbonyl (C=O) groups is 1. The summed E-state index contributed by atoms with van der Waals surface area (Å²) >= 11 is 1.44. The first-order chi connectivity index (χ1) is 13.8. The van der Waals surface area contributed by atoms with Gasteiger partial charge >= 0.3 is 0 Å². The molecule has 3 aromatic rings. The van der Waals surface area contributed by atoms with Crippen LogP contribution in [0.25, 0.3) is 10.2 Å². The van der Waals surface area contributed by atoms with E-state index in [0.29, 0.717) is 28.5 Å². The van der Waals surface area contributed by atoms with Crippen molar-refractivity contribution in [3.8, 4) is 11.5 Å². The fourth-order valence-electron chi connectivity index (χ4n) is 3.23. The summed E-state index contributed by atoms with van der Waals surface area (Å²) in [6.45, 7) is 5.26. The molecular weight excluding hydrogens is 422 g/mol. The highest BCUT2D eigenvalue weighted by Crippen LogP contribution is 2.40. The smallest absolute Gasteiger partial charge is 0.260 e. The maximum Gasteiger partial charge on any atom is 0.260 e. The summed E-state index contributed by atoms with van der Waals surface area (Å²) in [6, 6.07) is 9.60. The lowest BCUT2D eigenvalue weighted by molar-refractivity contribution is 0.0985. The normalized spacial score (nSPS) is 10.8. The number of ether oxygens (including phenoxy) is 2. The van der Waals surface area contributed by atoms with Crippen LogP contribution in [0, 0.1) is 13.8 Å². The van der Waals surface area contributed by atoms with Gasteiger partial charge in [-0.2, -0.15) is 0 Å². The Morgan fingerprint density at radius 1 is 1.00 bits per heavy atom. The molecule has 6 nitrogen and oxygen atoms in total. The van der Waals surface area contributed by atoms with Crippen LogP contribution in [0.15, 0.2) is 30.3 Å². The number of carbonyl (C=O) groups excluding carboxylic acids is 1. The Kier molecular flexibility index (Phi) is 8.06. The molecule has 30 heavy (non-hydrogen) atoms. The van der Waals surface area contributed by atoms with Crippen molar-refractivity contribution >= 4 is 45.0 Å². The highest BCUT2D eigenvalue weighted by Gasteiger charge is 2.24. The van der Waals surface area contributed by atoms with E-state index >= 15 is 0 Å². The van der Waals surface area contributed by atoms with Crippen LogP contribution in [0.1, 0.15) is 21.5 Å². The second kappa shape index (κ2) is 10.1. The van der Waals surface area contributed by atoms with Gasteiger partial charge in [0.25, 0.3) is 5.91 Å². The molecule has 8 heteroatoms. The number of nitrogens with zero attached hydrogens (tertiary/aromatic N) is 3. The predicted octanol–water partition coefficient (Wildman–Crippen LogP) is 4.56. The lowest BCUT2D eigenvalue weighted by atomic mass is 10.1. The Balaban J connectivity index is 0.00000320. The largest absolute Gasteiger partial charge is 0.495 e. The summed E-state index contributed by atoms with van der Waals surface area (Å²) in [4.78, 5) is 22.0. The molecule has 0 bridgehead atoms. The molecule has 0 unspecified atom stereocenters. The number of fused-ring (bicyclic) bond motifs is 1. The topological polar surface area (TPSA) is 54.9 Å². The van der Waals surface area contributed by atoms with Crippen molar-refractivity contribution < 1.29 is 14.3 Å². The minimum Gasteiger partial charge on any atom is -0.495 e. The number of rotatable bonds is 7. The summed E-state index contributed by atoms with van der Waals surface area (Å²) in [5.41, 5.74) is 3.50. The zero-order valence-corrected chi connectivity index (χ0v) is 19.8. The van der Waals surface area contributed by atoms with Gasteiger partial charge in [0, 0.05) is 18.7 Å². The molecule has 1 heterocycles. The lowest BCUT2D eigenvalue weighted by Gasteiger charge is -2.22. The summed E-state index contributed by atoms with van der Waals surface area (Å²) in [7, 11) is 7.23. The number of methoxy groups -OCH3 is 2. The quantitative estimate of drug-likeness (QED) is 0.529. The van der Waals surface area contributed by atoms with Gasteiger partial charge in [-0.15, -0.1) is 12.4 Å².